The minimum absolute atomic E-state index is 0.669. The van der Waals surface area contributed by atoms with Crippen LogP contribution in [-0.4, -0.2) is 10.2 Å². The van der Waals surface area contributed by atoms with E-state index in [1.54, 1.807) is 0 Å². The van der Waals surface area contributed by atoms with Gasteiger partial charge < -0.3 is 10.2 Å². The molecule has 68 valence electrons. The Kier molecular flexibility index (Phi) is 4.93. The van der Waals surface area contributed by atoms with E-state index in [-0.39, 0.29) is 0 Å². The molecular weight excluding hydrogens is 152 g/mol. The maximum absolute atomic E-state index is 8.47. The highest BCUT2D eigenvalue weighted by Crippen LogP contribution is 2.07. The number of rotatable bonds is 4. The topological polar surface area (TPSA) is 40.5 Å². The fraction of sp³-hybridized carbons (Fsp3) is 0.400. The third-order valence-corrected chi connectivity index (χ3v) is 1.35. The van der Waals surface area contributed by atoms with Crippen LogP contribution in [0.1, 0.15) is 26.7 Å². The summed E-state index contributed by atoms with van der Waals surface area (Å²) < 4.78 is 0. The predicted octanol–water partition coefficient (Wildman–Crippen LogP) is 3.25. The predicted molar refractivity (Wildman–Crippen MR) is 51.1 cm³/mol. The van der Waals surface area contributed by atoms with Crippen molar-refractivity contribution in [3.05, 3.63) is 35.8 Å². The molecule has 2 heteroatoms. The summed E-state index contributed by atoms with van der Waals surface area (Å²) in [6.07, 6.45) is 5.01. The smallest absolute Gasteiger partial charge is 0.274 e. The molecule has 0 aliphatic carbocycles. The SMILES string of the molecule is C=C(C=C(O)O)CCC=C(C)C. The molecule has 0 bridgehead atoms. The molecule has 0 aliphatic rings. The summed E-state index contributed by atoms with van der Waals surface area (Å²) in [5.41, 5.74) is 1.99. The number of aliphatic hydroxyl groups excluding tert-OH is 1. The second kappa shape index (κ2) is 5.47. The molecule has 0 saturated heterocycles. The van der Waals surface area contributed by atoms with Crippen molar-refractivity contribution in [1.82, 2.24) is 0 Å². The Bertz CT molecular complexity index is 204. The average molecular weight is 168 g/mol. The molecular formula is C10H16O2. The molecule has 0 spiro atoms. The minimum atomic E-state index is -0.669. The van der Waals surface area contributed by atoms with E-state index >= 15 is 0 Å². The fourth-order valence-electron chi connectivity index (χ4n) is 0.801. The van der Waals surface area contributed by atoms with Gasteiger partial charge in [0.15, 0.2) is 0 Å². The van der Waals surface area contributed by atoms with Gasteiger partial charge >= 0.3 is 0 Å². The van der Waals surface area contributed by atoms with Crippen molar-refractivity contribution in [3.8, 4) is 0 Å². The van der Waals surface area contributed by atoms with Crippen LogP contribution in [0.4, 0.5) is 0 Å². The van der Waals surface area contributed by atoms with Gasteiger partial charge in [0, 0.05) is 6.08 Å². The van der Waals surface area contributed by atoms with E-state index in [1.807, 2.05) is 13.8 Å². The summed E-state index contributed by atoms with van der Waals surface area (Å²) in [6, 6.07) is 0. The van der Waals surface area contributed by atoms with Gasteiger partial charge in [-0.05, 0) is 32.3 Å². The summed E-state index contributed by atoms with van der Waals surface area (Å²) >= 11 is 0. The van der Waals surface area contributed by atoms with Gasteiger partial charge in [0.1, 0.15) is 0 Å². The van der Waals surface area contributed by atoms with Crippen molar-refractivity contribution in [2.45, 2.75) is 26.7 Å². The first-order valence-electron chi connectivity index (χ1n) is 3.93. The van der Waals surface area contributed by atoms with E-state index < -0.39 is 5.95 Å². The van der Waals surface area contributed by atoms with Crippen LogP contribution < -0.4 is 0 Å². The molecule has 12 heavy (non-hydrogen) atoms. The third-order valence-electron chi connectivity index (χ3n) is 1.35. The van der Waals surface area contributed by atoms with Crippen molar-refractivity contribution in [2.75, 3.05) is 0 Å². The number of hydrogen-bond donors (Lipinski definition) is 2. The normalized spacial score (nSPS) is 8.83. The first-order chi connectivity index (χ1) is 5.52. The van der Waals surface area contributed by atoms with Crippen LogP contribution in [0.15, 0.2) is 35.8 Å². The van der Waals surface area contributed by atoms with E-state index in [9.17, 15) is 0 Å². The van der Waals surface area contributed by atoms with Crippen molar-refractivity contribution in [2.24, 2.45) is 0 Å². The lowest BCUT2D eigenvalue weighted by Gasteiger charge is -1.96. The van der Waals surface area contributed by atoms with E-state index in [2.05, 4.69) is 12.7 Å². The Labute approximate surface area is 73.5 Å². The maximum Gasteiger partial charge on any atom is 0.274 e. The highest BCUT2D eigenvalue weighted by atomic mass is 16.5. The van der Waals surface area contributed by atoms with E-state index in [4.69, 9.17) is 10.2 Å². The van der Waals surface area contributed by atoms with Crippen LogP contribution in [0, 0.1) is 0 Å². The molecule has 0 atom stereocenters. The Morgan fingerprint density at radius 2 is 1.92 bits per heavy atom. The zero-order valence-electron chi connectivity index (χ0n) is 7.67. The van der Waals surface area contributed by atoms with Gasteiger partial charge in [0.2, 0.25) is 0 Å². The lowest BCUT2D eigenvalue weighted by molar-refractivity contribution is 0.191. The zero-order valence-corrected chi connectivity index (χ0v) is 7.67. The first-order valence-corrected chi connectivity index (χ1v) is 3.93. The van der Waals surface area contributed by atoms with Crippen LogP contribution in [0.5, 0.6) is 0 Å². The third kappa shape index (κ3) is 6.93. The summed E-state index contributed by atoms with van der Waals surface area (Å²) in [4.78, 5) is 0. The Balaban J connectivity index is 3.74. The minimum Gasteiger partial charge on any atom is -0.481 e. The molecule has 0 radical (unpaired) electrons. The Hall–Kier alpha value is -1.18. The first kappa shape index (κ1) is 10.8. The molecule has 0 aliphatic heterocycles. The molecule has 0 unspecified atom stereocenters. The summed E-state index contributed by atoms with van der Waals surface area (Å²) in [5.74, 6) is -0.669. The Morgan fingerprint density at radius 1 is 1.33 bits per heavy atom. The van der Waals surface area contributed by atoms with Gasteiger partial charge in [0.25, 0.3) is 5.95 Å². The summed E-state index contributed by atoms with van der Waals surface area (Å²) in [5, 5.41) is 16.9. The maximum atomic E-state index is 8.47. The van der Waals surface area contributed by atoms with E-state index in [0.717, 1.165) is 18.4 Å². The van der Waals surface area contributed by atoms with Gasteiger partial charge in [-0.25, -0.2) is 0 Å². The largest absolute Gasteiger partial charge is 0.481 e. The van der Waals surface area contributed by atoms with Crippen molar-refractivity contribution in [3.63, 3.8) is 0 Å². The average Bonchev–Trinajstić information content (AvgIpc) is 1.84. The van der Waals surface area contributed by atoms with Crippen molar-refractivity contribution >= 4 is 0 Å². The molecule has 0 fully saturated rings. The van der Waals surface area contributed by atoms with Gasteiger partial charge in [-0.15, -0.1) is 0 Å². The molecule has 2 N–H and O–H groups in total. The van der Waals surface area contributed by atoms with E-state index in [1.165, 1.54) is 11.6 Å². The quantitative estimate of drug-likeness (QED) is 0.384. The molecule has 0 aromatic heterocycles. The van der Waals surface area contributed by atoms with Gasteiger partial charge in [-0.1, -0.05) is 18.2 Å². The fourth-order valence-corrected chi connectivity index (χ4v) is 0.801. The van der Waals surface area contributed by atoms with Crippen LogP contribution in [0.3, 0.4) is 0 Å². The standard InChI is InChI=1S/C10H16O2/c1-8(2)5-4-6-9(3)7-10(11)12/h5,7,11-12H,3-4,6H2,1-2H3. The van der Waals surface area contributed by atoms with Gasteiger partial charge in [0.05, 0.1) is 0 Å². The zero-order chi connectivity index (χ0) is 9.56. The molecule has 0 rings (SSSR count). The summed E-state index contributed by atoms with van der Waals surface area (Å²) in [7, 11) is 0. The van der Waals surface area contributed by atoms with Gasteiger partial charge in [-0.2, -0.15) is 0 Å². The van der Waals surface area contributed by atoms with Crippen LogP contribution in [0.25, 0.3) is 0 Å². The van der Waals surface area contributed by atoms with Gasteiger partial charge in [-0.3, -0.25) is 0 Å². The van der Waals surface area contributed by atoms with Crippen LogP contribution >= 0.6 is 0 Å². The number of aliphatic hydroxyl groups is 2. The lowest BCUT2D eigenvalue weighted by Crippen LogP contribution is -1.81. The Morgan fingerprint density at radius 3 is 2.33 bits per heavy atom. The second-order valence-electron chi connectivity index (χ2n) is 2.98. The van der Waals surface area contributed by atoms with Crippen LogP contribution in [0.2, 0.25) is 0 Å². The monoisotopic (exact) mass is 168 g/mol. The lowest BCUT2D eigenvalue weighted by atomic mass is 10.1. The van der Waals surface area contributed by atoms with Crippen molar-refractivity contribution < 1.29 is 10.2 Å². The molecule has 0 heterocycles. The van der Waals surface area contributed by atoms with Crippen LogP contribution in [-0.2, 0) is 0 Å². The molecule has 0 aromatic carbocycles. The highest BCUT2D eigenvalue weighted by molar-refractivity contribution is 5.15. The summed E-state index contributed by atoms with van der Waals surface area (Å²) in [6.45, 7) is 7.73. The second-order valence-corrected chi connectivity index (χ2v) is 2.98. The molecule has 2 nitrogen and oxygen atoms in total. The number of hydrogen-bond acceptors (Lipinski definition) is 2. The van der Waals surface area contributed by atoms with Crippen molar-refractivity contribution in [1.29, 1.82) is 0 Å². The molecule has 0 aromatic rings. The van der Waals surface area contributed by atoms with E-state index in [0.29, 0.717) is 0 Å². The molecule has 0 saturated carbocycles. The molecule has 0 amide bonds. The highest BCUT2D eigenvalue weighted by Gasteiger charge is 1.91. The number of allylic oxidation sites excluding steroid dienone is 4.